The number of sulfonamides is 1. The first kappa shape index (κ1) is 14.4. The molecule has 0 aliphatic rings. The van der Waals surface area contributed by atoms with Gasteiger partial charge in [0.2, 0.25) is 0 Å². The molecule has 0 amide bonds. The van der Waals surface area contributed by atoms with Gasteiger partial charge < -0.3 is 5.32 Å². The van der Waals surface area contributed by atoms with Crippen LogP contribution in [0.4, 0.5) is 10.2 Å². The van der Waals surface area contributed by atoms with Gasteiger partial charge in [-0.15, -0.1) is 0 Å². The Kier molecular flexibility index (Phi) is 4.31. The zero-order valence-electron chi connectivity index (χ0n) is 10.8. The van der Waals surface area contributed by atoms with Gasteiger partial charge in [-0.3, -0.25) is 4.72 Å². The van der Waals surface area contributed by atoms with Crippen molar-refractivity contribution in [2.24, 2.45) is 0 Å². The third-order valence-corrected chi connectivity index (χ3v) is 3.95. The molecule has 1 aromatic heterocycles. The van der Waals surface area contributed by atoms with Crippen LogP contribution in [0.25, 0.3) is 0 Å². The summed E-state index contributed by atoms with van der Waals surface area (Å²) in [6.45, 7) is 0.660. The molecule has 2 rings (SSSR count). The number of benzene rings is 1. The Hall–Kier alpha value is -1.99. The molecule has 0 bridgehead atoms. The van der Waals surface area contributed by atoms with Crippen LogP contribution in [-0.4, -0.2) is 20.4 Å². The molecule has 1 aromatic carbocycles. The topological polar surface area (TPSA) is 71.1 Å². The van der Waals surface area contributed by atoms with Crippen molar-refractivity contribution in [2.75, 3.05) is 11.8 Å². The van der Waals surface area contributed by atoms with Gasteiger partial charge >= 0.3 is 0 Å². The van der Waals surface area contributed by atoms with Gasteiger partial charge in [0.15, 0.2) is 0 Å². The Morgan fingerprint density at radius 1 is 1.15 bits per heavy atom. The van der Waals surface area contributed by atoms with Crippen LogP contribution in [0.3, 0.4) is 0 Å². The van der Waals surface area contributed by atoms with E-state index in [4.69, 9.17) is 0 Å². The lowest BCUT2D eigenvalue weighted by atomic mass is 10.2. The minimum atomic E-state index is -3.71. The number of hydrogen-bond acceptors (Lipinski definition) is 4. The number of rotatable bonds is 5. The van der Waals surface area contributed by atoms with E-state index < -0.39 is 15.8 Å². The highest BCUT2D eigenvalue weighted by atomic mass is 32.2. The normalized spacial score (nSPS) is 11.3. The molecule has 0 radical (unpaired) electrons. The third kappa shape index (κ3) is 3.52. The van der Waals surface area contributed by atoms with Gasteiger partial charge in [0.25, 0.3) is 10.0 Å². The van der Waals surface area contributed by atoms with E-state index in [0.29, 0.717) is 6.54 Å². The van der Waals surface area contributed by atoms with Crippen molar-refractivity contribution in [1.29, 1.82) is 0 Å². The van der Waals surface area contributed by atoms with Gasteiger partial charge in [-0.1, -0.05) is 12.1 Å². The molecule has 0 atom stereocenters. The Morgan fingerprint density at radius 2 is 1.85 bits per heavy atom. The standard InChI is InChI=1S/C13H14FN3O2S/c1-15-8-10-2-5-12(6-3-10)20(18,19)17-13-7-4-11(14)9-16-13/h2-7,9,15H,8H2,1H3,(H,16,17). The van der Waals surface area contributed by atoms with Crippen LogP contribution in [0, 0.1) is 5.82 Å². The average Bonchev–Trinajstić information content (AvgIpc) is 2.42. The summed E-state index contributed by atoms with van der Waals surface area (Å²) >= 11 is 0. The molecule has 0 aliphatic heterocycles. The lowest BCUT2D eigenvalue weighted by molar-refractivity contribution is 0.600. The maximum atomic E-state index is 12.7. The second kappa shape index (κ2) is 5.98. The molecule has 7 heteroatoms. The second-order valence-corrected chi connectivity index (χ2v) is 5.82. The number of halogens is 1. The monoisotopic (exact) mass is 295 g/mol. The van der Waals surface area contributed by atoms with Gasteiger partial charge in [-0.25, -0.2) is 17.8 Å². The Bertz CT molecular complexity index is 670. The summed E-state index contributed by atoms with van der Waals surface area (Å²) in [7, 11) is -1.90. The Morgan fingerprint density at radius 3 is 2.40 bits per heavy atom. The summed E-state index contributed by atoms with van der Waals surface area (Å²) in [5, 5.41) is 2.98. The SMILES string of the molecule is CNCc1ccc(S(=O)(=O)Nc2ccc(F)cn2)cc1. The quantitative estimate of drug-likeness (QED) is 0.881. The molecule has 2 aromatic rings. The van der Waals surface area contributed by atoms with E-state index in [1.165, 1.54) is 18.2 Å². The summed E-state index contributed by atoms with van der Waals surface area (Å²) in [4.78, 5) is 3.79. The first-order chi connectivity index (χ1) is 9.51. The Balaban J connectivity index is 2.19. The molecule has 106 valence electrons. The van der Waals surface area contributed by atoms with Crippen molar-refractivity contribution in [3.63, 3.8) is 0 Å². The van der Waals surface area contributed by atoms with Crippen LogP contribution >= 0.6 is 0 Å². The third-order valence-electron chi connectivity index (χ3n) is 2.58. The van der Waals surface area contributed by atoms with Crippen LogP contribution in [0.2, 0.25) is 0 Å². The van der Waals surface area contributed by atoms with Crippen LogP contribution < -0.4 is 10.0 Å². The number of pyridine rings is 1. The summed E-state index contributed by atoms with van der Waals surface area (Å²) in [6.07, 6.45) is 0.952. The van der Waals surface area contributed by atoms with Crippen molar-refractivity contribution >= 4 is 15.8 Å². The van der Waals surface area contributed by atoms with Crippen molar-refractivity contribution < 1.29 is 12.8 Å². The Labute approximate surface area is 116 Å². The summed E-state index contributed by atoms with van der Waals surface area (Å²) in [5.74, 6) is -0.449. The number of nitrogens with one attached hydrogen (secondary N) is 2. The molecule has 2 N–H and O–H groups in total. The molecular formula is C13H14FN3O2S. The van der Waals surface area contributed by atoms with Crippen molar-refractivity contribution in [1.82, 2.24) is 10.3 Å². The van der Waals surface area contributed by atoms with E-state index in [9.17, 15) is 12.8 Å². The minimum absolute atomic E-state index is 0.0747. The lowest BCUT2D eigenvalue weighted by Crippen LogP contribution is -2.14. The highest BCUT2D eigenvalue weighted by Gasteiger charge is 2.14. The predicted molar refractivity (Wildman–Crippen MR) is 74.2 cm³/mol. The van der Waals surface area contributed by atoms with Gasteiger partial charge in [0.1, 0.15) is 11.6 Å². The number of hydrogen-bond donors (Lipinski definition) is 2. The second-order valence-electron chi connectivity index (χ2n) is 4.14. The van der Waals surface area contributed by atoms with E-state index >= 15 is 0 Å². The fourth-order valence-electron chi connectivity index (χ4n) is 1.62. The number of aromatic nitrogens is 1. The largest absolute Gasteiger partial charge is 0.316 e. The van der Waals surface area contributed by atoms with Crippen LogP contribution in [-0.2, 0) is 16.6 Å². The van der Waals surface area contributed by atoms with E-state index in [1.807, 2.05) is 7.05 Å². The molecule has 0 fully saturated rings. The molecule has 20 heavy (non-hydrogen) atoms. The first-order valence-corrected chi connectivity index (χ1v) is 7.37. The molecule has 0 spiro atoms. The molecule has 5 nitrogen and oxygen atoms in total. The fraction of sp³-hybridized carbons (Fsp3) is 0.154. The van der Waals surface area contributed by atoms with E-state index in [2.05, 4.69) is 15.0 Å². The molecular weight excluding hydrogens is 281 g/mol. The number of anilines is 1. The van der Waals surface area contributed by atoms with Crippen molar-refractivity contribution in [3.8, 4) is 0 Å². The highest BCUT2D eigenvalue weighted by Crippen LogP contribution is 2.15. The lowest BCUT2D eigenvalue weighted by Gasteiger charge is -2.08. The molecule has 0 saturated heterocycles. The van der Waals surface area contributed by atoms with Gasteiger partial charge in [0, 0.05) is 6.54 Å². The molecule has 0 unspecified atom stereocenters. The van der Waals surface area contributed by atoms with Gasteiger partial charge in [-0.05, 0) is 36.9 Å². The average molecular weight is 295 g/mol. The number of nitrogens with zero attached hydrogens (tertiary/aromatic N) is 1. The molecule has 1 heterocycles. The van der Waals surface area contributed by atoms with Crippen molar-refractivity contribution in [2.45, 2.75) is 11.4 Å². The van der Waals surface area contributed by atoms with E-state index in [1.54, 1.807) is 12.1 Å². The zero-order valence-corrected chi connectivity index (χ0v) is 11.6. The van der Waals surface area contributed by atoms with E-state index in [-0.39, 0.29) is 10.7 Å². The summed E-state index contributed by atoms with van der Waals surface area (Å²) in [6, 6.07) is 8.88. The van der Waals surface area contributed by atoms with Crippen molar-refractivity contribution in [3.05, 3.63) is 54.0 Å². The van der Waals surface area contributed by atoms with Gasteiger partial charge in [0.05, 0.1) is 11.1 Å². The van der Waals surface area contributed by atoms with E-state index in [0.717, 1.165) is 17.8 Å². The van der Waals surface area contributed by atoms with Crippen LogP contribution in [0.15, 0.2) is 47.5 Å². The zero-order chi connectivity index (χ0) is 14.6. The summed E-state index contributed by atoms with van der Waals surface area (Å²) < 4.78 is 39.2. The highest BCUT2D eigenvalue weighted by molar-refractivity contribution is 7.92. The maximum absolute atomic E-state index is 12.7. The van der Waals surface area contributed by atoms with Crippen LogP contribution in [0.1, 0.15) is 5.56 Å². The molecule has 0 aliphatic carbocycles. The fourth-order valence-corrected chi connectivity index (χ4v) is 2.63. The van der Waals surface area contributed by atoms with Crippen LogP contribution in [0.5, 0.6) is 0 Å². The summed E-state index contributed by atoms with van der Waals surface area (Å²) in [5.41, 5.74) is 0.978. The molecule has 0 saturated carbocycles. The maximum Gasteiger partial charge on any atom is 0.263 e. The minimum Gasteiger partial charge on any atom is -0.316 e. The van der Waals surface area contributed by atoms with Gasteiger partial charge in [-0.2, -0.15) is 0 Å². The smallest absolute Gasteiger partial charge is 0.263 e. The first-order valence-electron chi connectivity index (χ1n) is 5.89. The predicted octanol–water partition coefficient (Wildman–Crippen LogP) is 1.74.